The molecule has 1 unspecified atom stereocenters. The Morgan fingerprint density at radius 2 is 1.52 bits per heavy atom. The maximum Gasteiger partial charge on any atom is 0.252 e. The summed E-state index contributed by atoms with van der Waals surface area (Å²) in [5.74, 6) is -2.63. The van der Waals surface area contributed by atoms with Crippen molar-refractivity contribution in [3.05, 3.63) is 60.2 Å². The number of carbonyl (C=O) groups excluding carboxylic acids is 2. The SMILES string of the molecule is COC(CN(C1CC(=O)N(c2ccc(F)cc2)C1=O)S(=O)(=O)c1ccc(F)cc1)OC. The third-order valence-electron chi connectivity index (χ3n) is 4.83. The molecular weight excluding hydrogens is 434 g/mol. The minimum Gasteiger partial charge on any atom is -0.354 e. The molecule has 0 saturated carbocycles. The van der Waals surface area contributed by atoms with Crippen LogP contribution < -0.4 is 4.90 Å². The van der Waals surface area contributed by atoms with Gasteiger partial charge in [-0.3, -0.25) is 9.59 Å². The summed E-state index contributed by atoms with van der Waals surface area (Å²) in [7, 11) is -1.75. The molecule has 2 amide bonds. The van der Waals surface area contributed by atoms with Gasteiger partial charge < -0.3 is 9.47 Å². The minimum atomic E-state index is -4.34. The molecule has 8 nitrogen and oxygen atoms in total. The monoisotopic (exact) mass is 454 g/mol. The highest BCUT2D eigenvalue weighted by atomic mass is 32.2. The lowest BCUT2D eigenvalue weighted by Crippen LogP contribution is -2.49. The van der Waals surface area contributed by atoms with Crippen molar-refractivity contribution in [3.8, 4) is 0 Å². The molecular formula is C20H20F2N2O6S. The number of nitrogens with zero attached hydrogens (tertiary/aromatic N) is 2. The first-order valence-electron chi connectivity index (χ1n) is 9.14. The van der Waals surface area contributed by atoms with E-state index in [0.29, 0.717) is 0 Å². The molecule has 0 spiro atoms. The maximum absolute atomic E-state index is 13.3. The molecule has 2 aromatic carbocycles. The normalized spacial score (nSPS) is 17.2. The first kappa shape index (κ1) is 22.9. The molecule has 1 heterocycles. The van der Waals surface area contributed by atoms with Crippen LogP contribution in [0.5, 0.6) is 0 Å². The summed E-state index contributed by atoms with van der Waals surface area (Å²) in [6.45, 7) is -0.395. The van der Waals surface area contributed by atoms with Crippen LogP contribution in [0.15, 0.2) is 53.4 Å². The van der Waals surface area contributed by atoms with Gasteiger partial charge in [-0.15, -0.1) is 0 Å². The van der Waals surface area contributed by atoms with E-state index in [-0.39, 0.29) is 10.6 Å². The van der Waals surface area contributed by atoms with Crippen LogP contribution in [0.1, 0.15) is 6.42 Å². The van der Waals surface area contributed by atoms with E-state index in [0.717, 1.165) is 45.6 Å². The fraction of sp³-hybridized carbons (Fsp3) is 0.300. The number of amides is 2. The van der Waals surface area contributed by atoms with Gasteiger partial charge in [0, 0.05) is 14.2 Å². The van der Waals surface area contributed by atoms with Crippen molar-refractivity contribution in [2.45, 2.75) is 23.6 Å². The number of rotatable bonds is 8. The van der Waals surface area contributed by atoms with Crippen molar-refractivity contribution in [1.82, 2.24) is 4.31 Å². The van der Waals surface area contributed by atoms with E-state index in [9.17, 15) is 26.8 Å². The van der Waals surface area contributed by atoms with Gasteiger partial charge in [0.25, 0.3) is 5.91 Å². The lowest BCUT2D eigenvalue weighted by atomic mass is 10.2. The minimum absolute atomic E-state index is 0.119. The van der Waals surface area contributed by atoms with Crippen molar-refractivity contribution in [2.75, 3.05) is 25.7 Å². The largest absolute Gasteiger partial charge is 0.354 e. The van der Waals surface area contributed by atoms with E-state index >= 15 is 0 Å². The summed E-state index contributed by atoms with van der Waals surface area (Å²) < 4.78 is 64.1. The van der Waals surface area contributed by atoms with Gasteiger partial charge >= 0.3 is 0 Å². The number of halogens is 2. The topological polar surface area (TPSA) is 93.2 Å². The lowest BCUT2D eigenvalue weighted by Gasteiger charge is -2.29. The fourth-order valence-electron chi connectivity index (χ4n) is 3.23. The molecule has 2 aromatic rings. The number of imide groups is 1. The zero-order valence-corrected chi connectivity index (χ0v) is 17.5. The van der Waals surface area contributed by atoms with Crippen molar-refractivity contribution in [3.63, 3.8) is 0 Å². The smallest absolute Gasteiger partial charge is 0.252 e. The predicted molar refractivity (Wildman–Crippen MR) is 105 cm³/mol. The zero-order chi connectivity index (χ0) is 22.8. The van der Waals surface area contributed by atoms with Crippen molar-refractivity contribution >= 4 is 27.5 Å². The molecule has 0 radical (unpaired) electrons. The molecule has 0 N–H and O–H groups in total. The van der Waals surface area contributed by atoms with Crippen molar-refractivity contribution in [1.29, 1.82) is 0 Å². The zero-order valence-electron chi connectivity index (χ0n) is 16.7. The van der Waals surface area contributed by atoms with Crippen LogP contribution in [0.2, 0.25) is 0 Å². The number of hydrogen-bond donors (Lipinski definition) is 0. The maximum atomic E-state index is 13.3. The summed E-state index contributed by atoms with van der Waals surface area (Å²) >= 11 is 0. The molecule has 0 aliphatic carbocycles. The van der Waals surface area contributed by atoms with Crippen LogP contribution in [-0.4, -0.2) is 57.6 Å². The molecule has 0 aromatic heterocycles. The van der Waals surface area contributed by atoms with Crippen LogP contribution in [0, 0.1) is 11.6 Å². The average molecular weight is 454 g/mol. The number of sulfonamides is 1. The first-order chi connectivity index (χ1) is 14.7. The highest BCUT2D eigenvalue weighted by Gasteiger charge is 2.47. The second-order valence-corrected chi connectivity index (χ2v) is 8.58. The number of hydrogen-bond acceptors (Lipinski definition) is 6. The predicted octanol–water partition coefficient (Wildman–Crippen LogP) is 1.91. The quantitative estimate of drug-likeness (QED) is 0.447. The molecule has 31 heavy (non-hydrogen) atoms. The molecule has 166 valence electrons. The molecule has 3 rings (SSSR count). The van der Waals surface area contributed by atoms with E-state index in [1.54, 1.807) is 0 Å². The summed E-state index contributed by atoms with van der Waals surface area (Å²) in [5.41, 5.74) is 0.119. The molecule has 1 aliphatic heterocycles. The Labute approximate surface area is 178 Å². The van der Waals surface area contributed by atoms with E-state index in [1.807, 2.05) is 0 Å². The van der Waals surface area contributed by atoms with Crippen molar-refractivity contribution in [2.24, 2.45) is 0 Å². The van der Waals surface area contributed by atoms with Crippen LogP contribution in [0.3, 0.4) is 0 Å². The first-order valence-corrected chi connectivity index (χ1v) is 10.6. The van der Waals surface area contributed by atoms with Crippen LogP contribution in [0.4, 0.5) is 14.5 Å². The van der Waals surface area contributed by atoms with E-state index in [2.05, 4.69) is 0 Å². The summed E-state index contributed by atoms with van der Waals surface area (Å²) in [6.07, 6.45) is -1.46. The Bertz CT molecular complexity index is 1060. The van der Waals surface area contributed by atoms with Gasteiger partial charge in [0.05, 0.1) is 23.5 Å². The van der Waals surface area contributed by atoms with E-state index < -0.39 is 58.8 Å². The number of carbonyl (C=O) groups is 2. The van der Waals surface area contributed by atoms with Gasteiger partial charge in [-0.2, -0.15) is 4.31 Å². The fourth-order valence-corrected chi connectivity index (χ4v) is 4.80. The van der Waals surface area contributed by atoms with E-state index in [4.69, 9.17) is 9.47 Å². The third kappa shape index (κ3) is 4.64. The molecule has 0 bridgehead atoms. The molecule has 11 heteroatoms. The van der Waals surface area contributed by atoms with Crippen LogP contribution in [0.25, 0.3) is 0 Å². The molecule has 1 aliphatic rings. The Balaban J connectivity index is 2.01. The number of anilines is 1. The van der Waals surface area contributed by atoms with Crippen LogP contribution in [-0.2, 0) is 29.1 Å². The Hall–Kier alpha value is -2.73. The molecule has 1 fully saturated rings. The standard InChI is InChI=1S/C20H20F2N2O6S/c1-29-19(30-2)12-23(31(27,28)16-9-5-14(22)6-10-16)17-11-18(25)24(20(17)26)15-7-3-13(21)4-8-15/h3-10,17,19H,11-12H2,1-2H3. The highest BCUT2D eigenvalue weighted by molar-refractivity contribution is 7.89. The Morgan fingerprint density at radius 3 is 2.03 bits per heavy atom. The number of methoxy groups -OCH3 is 2. The third-order valence-corrected chi connectivity index (χ3v) is 6.72. The second-order valence-electron chi connectivity index (χ2n) is 6.69. The number of ether oxygens (including phenoxy) is 2. The average Bonchev–Trinajstić information content (AvgIpc) is 3.03. The summed E-state index contributed by atoms with van der Waals surface area (Å²) in [6, 6.07) is 7.35. The van der Waals surface area contributed by atoms with Gasteiger partial charge in [-0.25, -0.2) is 22.1 Å². The number of benzene rings is 2. The highest BCUT2D eigenvalue weighted by Crippen LogP contribution is 2.30. The van der Waals surface area contributed by atoms with Gasteiger partial charge in [0.15, 0.2) is 6.29 Å². The summed E-state index contributed by atoms with van der Waals surface area (Å²) in [4.78, 5) is 26.2. The van der Waals surface area contributed by atoms with Gasteiger partial charge in [-0.1, -0.05) is 0 Å². The van der Waals surface area contributed by atoms with Gasteiger partial charge in [0.1, 0.15) is 17.7 Å². The Kier molecular flexibility index (Phi) is 6.80. The summed E-state index contributed by atoms with van der Waals surface area (Å²) in [5, 5.41) is 0. The lowest BCUT2D eigenvalue weighted by molar-refractivity contribution is -0.125. The van der Waals surface area contributed by atoms with Crippen molar-refractivity contribution < 1.29 is 36.3 Å². The Morgan fingerprint density at radius 1 is 1.00 bits per heavy atom. The molecule has 1 atom stereocenters. The molecule has 1 saturated heterocycles. The van der Waals surface area contributed by atoms with Gasteiger partial charge in [-0.05, 0) is 48.5 Å². The van der Waals surface area contributed by atoms with Gasteiger partial charge in [0.2, 0.25) is 15.9 Å². The van der Waals surface area contributed by atoms with E-state index in [1.165, 1.54) is 26.4 Å². The second kappa shape index (κ2) is 9.18. The van der Waals surface area contributed by atoms with Crippen LogP contribution >= 0.6 is 0 Å².